The van der Waals surface area contributed by atoms with Crippen molar-refractivity contribution in [2.45, 2.75) is 46.1 Å². The van der Waals surface area contributed by atoms with Crippen molar-refractivity contribution in [3.05, 3.63) is 34.9 Å². The maximum atomic E-state index is 2.63. The Morgan fingerprint density at radius 3 is 2.81 bits per heavy atom. The molecule has 1 atom stereocenters. The average molecular weight is 217 g/mol. The van der Waals surface area contributed by atoms with E-state index in [9.17, 15) is 0 Å². The summed E-state index contributed by atoms with van der Waals surface area (Å²) in [4.78, 5) is 2.63. The maximum Gasteiger partial charge on any atom is 0.0350 e. The van der Waals surface area contributed by atoms with E-state index in [1.807, 2.05) is 0 Å². The highest BCUT2D eigenvalue weighted by Crippen LogP contribution is 2.32. The van der Waals surface area contributed by atoms with Gasteiger partial charge < -0.3 is 0 Å². The van der Waals surface area contributed by atoms with Crippen molar-refractivity contribution in [1.82, 2.24) is 4.90 Å². The van der Waals surface area contributed by atoms with Crippen LogP contribution in [0.4, 0.5) is 0 Å². The largest absolute Gasteiger partial charge is 0.297 e. The molecule has 0 N–H and O–H groups in total. The topological polar surface area (TPSA) is 3.24 Å². The van der Waals surface area contributed by atoms with E-state index in [0.717, 1.165) is 0 Å². The summed E-state index contributed by atoms with van der Waals surface area (Å²) < 4.78 is 0. The van der Waals surface area contributed by atoms with Gasteiger partial charge in [0.05, 0.1) is 0 Å². The molecule has 88 valence electrons. The van der Waals surface area contributed by atoms with Gasteiger partial charge in [-0.3, -0.25) is 4.90 Å². The Morgan fingerprint density at radius 1 is 1.25 bits per heavy atom. The van der Waals surface area contributed by atoms with E-state index in [1.165, 1.54) is 43.5 Å². The Hall–Kier alpha value is -0.820. The van der Waals surface area contributed by atoms with Crippen LogP contribution in [0.1, 0.15) is 48.9 Å². The molecule has 1 fully saturated rings. The Morgan fingerprint density at radius 2 is 2.06 bits per heavy atom. The highest BCUT2D eigenvalue weighted by molar-refractivity contribution is 5.33. The lowest BCUT2D eigenvalue weighted by molar-refractivity contribution is 0.156. The number of nitrogens with zero attached hydrogens (tertiary/aromatic N) is 1. The second kappa shape index (κ2) is 5.01. The van der Waals surface area contributed by atoms with Crippen LogP contribution in [-0.2, 0) is 0 Å². The van der Waals surface area contributed by atoms with Gasteiger partial charge in [-0.05, 0) is 50.9 Å². The van der Waals surface area contributed by atoms with Crippen LogP contribution < -0.4 is 0 Å². The van der Waals surface area contributed by atoms with Crippen molar-refractivity contribution in [2.75, 3.05) is 13.1 Å². The molecule has 1 nitrogen and oxygen atoms in total. The molecule has 0 radical (unpaired) electrons. The molecule has 0 aliphatic carbocycles. The molecule has 2 rings (SSSR count). The SMILES string of the molecule is CCN1CCCCC1c1cc(C)ccc1C. The lowest BCUT2D eigenvalue weighted by atomic mass is 9.91. The fourth-order valence-electron chi connectivity index (χ4n) is 2.84. The summed E-state index contributed by atoms with van der Waals surface area (Å²) in [6.45, 7) is 9.18. The van der Waals surface area contributed by atoms with Gasteiger partial charge in [-0.25, -0.2) is 0 Å². The minimum Gasteiger partial charge on any atom is -0.297 e. The second-order valence-electron chi connectivity index (χ2n) is 5.00. The van der Waals surface area contributed by atoms with Crippen LogP contribution in [0.2, 0.25) is 0 Å². The van der Waals surface area contributed by atoms with E-state index in [2.05, 4.69) is 43.9 Å². The Balaban J connectivity index is 2.30. The molecule has 0 amide bonds. The van der Waals surface area contributed by atoms with Crippen molar-refractivity contribution < 1.29 is 0 Å². The van der Waals surface area contributed by atoms with E-state index >= 15 is 0 Å². The van der Waals surface area contributed by atoms with Crippen molar-refractivity contribution >= 4 is 0 Å². The van der Waals surface area contributed by atoms with Crippen molar-refractivity contribution in [1.29, 1.82) is 0 Å². The highest BCUT2D eigenvalue weighted by atomic mass is 15.2. The standard InChI is InChI=1S/C15H23N/c1-4-16-10-6-5-7-15(16)14-11-12(2)8-9-13(14)3/h8-9,11,15H,4-7,10H2,1-3H3. The zero-order valence-corrected chi connectivity index (χ0v) is 10.8. The van der Waals surface area contributed by atoms with Crippen molar-refractivity contribution in [3.8, 4) is 0 Å². The molecule has 1 aliphatic rings. The summed E-state index contributed by atoms with van der Waals surface area (Å²) in [5, 5.41) is 0. The monoisotopic (exact) mass is 217 g/mol. The highest BCUT2D eigenvalue weighted by Gasteiger charge is 2.23. The minimum atomic E-state index is 0.665. The van der Waals surface area contributed by atoms with Crippen LogP contribution in [-0.4, -0.2) is 18.0 Å². The molecule has 1 aromatic carbocycles. The van der Waals surface area contributed by atoms with Gasteiger partial charge in [-0.1, -0.05) is 37.1 Å². The van der Waals surface area contributed by atoms with Crippen LogP contribution in [0, 0.1) is 13.8 Å². The summed E-state index contributed by atoms with van der Waals surface area (Å²) >= 11 is 0. The molecular weight excluding hydrogens is 194 g/mol. The van der Waals surface area contributed by atoms with Gasteiger partial charge in [-0.15, -0.1) is 0 Å². The summed E-state index contributed by atoms with van der Waals surface area (Å²) in [7, 11) is 0. The fourth-order valence-corrected chi connectivity index (χ4v) is 2.84. The molecule has 0 saturated carbocycles. The summed E-state index contributed by atoms with van der Waals surface area (Å²) in [5.74, 6) is 0. The quantitative estimate of drug-likeness (QED) is 0.727. The zero-order chi connectivity index (χ0) is 11.5. The average Bonchev–Trinajstić information content (AvgIpc) is 2.32. The molecule has 16 heavy (non-hydrogen) atoms. The first-order valence-corrected chi connectivity index (χ1v) is 6.53. The molecular formula is C15H23N. The molecule has 1 heteroatoms. The number of rotatable bonds is 2. The lowest BCUT2D eigenvalue weighted by Gasteiger charge is -2.36. The Bertz CT molecular complexity index is 356. The normalized spacial score (nSPS) is 22.3. The van der Waals surface area contributed by atoms with E-state index < -0.39 is 0 Å². The van der Waals surface area contributed by atoms with Crippen LogP contribution in [0.5, 0.6) is 0 Å². The van der Waals surface area contributed by atoms with Gasteiger partial charge in [0.25, 0.3) is 0 Å². The fraction of sp³-hybridized carbons (Fsp3) is 0.600. The molecule has 1 aliphatic heterocycles. The molecule has 0 spiro atoms. The Labute approximate surface area is 99.5 Å². The zero-order valence-electron chi connectivity index (χ0n) is 10.8. The third kappa shape index (κ3) is 2.30. The summed E-state index contributed by atoms with van der Waals surface area (Å²) in [6.07, 6.45) is 4.09. The first kappa shape index (κ1) is 11.7. The minimum absolute atomic E-state index is 0.665. The molecule has 0 aromatic heterocycles. The number of aryl methyl sites for hydroxylation is 2. The first-order chi connectivity index (χ1) is 7.72. The summed E-state index contributed by atoms with van der Waals surface area (Å²) in [5.41, 5.74) is 4.40. The number of hydrogen-bond acceptors (Lipinski definition) is 1. The number of piperidine rings is 1. The number of hydrogen-bond donors (Lipinski definition) is 0. The van der Waals surface area contributed by atoms with Crippen molar-refractivity contribution in [2.24, 2.45) is 0 Å². The van der Waals surface area contributed by atoms with E-state index in [-0.39, 0.29) is 0 Å². The summed E-state index contributed by atoms with van der Waals surface area (Å²) in [6, 6.07) is 7.54. The maximum absolute atomic E-state index is 2.63. The molecule has 1 aromatic rings. The van der Waals surface area contributed by atoms with Gasteiger partial charge in [-0.2, -0.15) is 0 Å². The number of likely N-dealkylation sites (tertiary alicyclic amines) is 1. The van der Waals surface area contributed by atoms with Gasteiger partial charge in [0.1, 0.15) is 0 Å². The Kier molecular flexibility index (Phi) is 3.65. The second-order valence-corrected chi connectivity index (χ2v) is 5.00. The van der Waals surface area contributed by atoms with Crippen molar-refractivity contribution in [3.63, 3.8) is 0 Å². The third-order valence-electron chi connectivity index (χ3n) is 3.81. The van der Waals surface area contributed by atoms with E-state index in [4.69, 9.17) is 0 Å². The predicted molar refractivity (Wildman–Crippen MR) is 69.8 cm³/mol. The molecule has 1 heterocycles. The van der Waals surface area contributed by atoms with Crippen LogP contribution in [0.25, 0.3) is 0 Å². The smallest absolute Gasteiger partial charge is 0.0350 e. The predicted octanol–water partition coefficient (Wildman–Crippen LogP) is 3.85. The van der Waals surface area contributed by atoms with Gasteiger partial charge in [0.15, 0.2) is 0 Å². The van der Waals surface area contributed by atoms with Gasteiger partial charge in [0.2, 0.25) is 0 Å². The third-order valence-corrected chi connectivity index (χ3v) is 3.81. The molecule has 1 saturated heterocycles. The number of benzene rings is 1. The van der Waals surface area contributed by atoms with E-state index in [1.54, 1.807) is 5.56 Å². The van der Waals surface area contributed by atoms with Gasteiger partial charge in [0, 0.05) is 6.04 Å². The first-order valence-electron chi connectivity index (χ1n) is 6.53. The van der Waals surface area contributed by atoms with Gasteiger partial charge >= 0.3 is 0 Å². The van der Waals surface area contributed by atoms with Crippen LogP contribution in [0.15, 0.2) is 18.2 Å². The van der Waals surface area contributed by atoms with E-state index in [0.29, 0.717) is 6.04 Å². The lowest BCUT2D eigenvalue weighted by Crippen LogP contribution is -2.33. The molecule has 1 unspecified atom stereocenters. The van der Waals surface area contributed by atoms with Crippen LogP contribution >= 0.6 is 0 Å². The molecule has 0 bridgehead atoms. The van der Waals surface area contributed by atoms with Crippen LogP contribution in [0.3, 0.4) is 0 Å².